The molecule has 20 heavy (non-hydrogen) atoms. The van der Waals surface area contributed by atoms with Gasteiger partial charge in [0.15, 0.2) is 0 Å². The SMILES string of the molecule is NC(=S)c1cnc(N2CCc3ccccc3CC2)cn1. The molecule has 1 aliphatic rings. The number of nitrogens with two attached hydrogens (primary N) is 1. The fraction of sp³-hybridized carbons (Fsp3) is 0.267. The summed E-state index contributed by atoms with van der Waals surface area (Å²) in [5, 5.41) is 0. The second-order valence-corrected chi connectivity index (χ2v) is 5.32. The first-order valence-electron chi connectivity index (χ1n) is 6.67. The van der Waals surface area contributed by atoms with Crippen molar-refractivity contribution in [3.63, 3.8) is 0 Å². The zero-order chi connectivity index (χ0) is 13.9. The van der Waals surface area contributed by atoms with Crippen LogP contribution in [0.1, 0.15) is 16.8 Å². The van der Waals surface area contributed by atoms with E-state index in [0.717, 1.165) is 31.7 Å². The summed E-state index contributed by atoms with van der Waals surface area (Å²) < 4.78 is 0. The molecule has 0 unspecified atom stereocenters. The second kappa shape index (κ2) is 5.54. The smallest absolute Gasteiger partial charge is 0.147 e. The molecule has 5 heteroatoms. The third-order valence-electron chi connectivity index (χ3n) is 3.64. The van der Waals surface area contributed by atoms with Crippen LogP contribution < -0.4 is 10.6 Å². The molecule has 2 heterocycles. The van der Waals surface area contributed by atoms with Gasteiger partial charge in [-0.05, 0) is 24.0 Å². The van der Waals surface area contributed by atoms with Gasteiger partial charge in [0.05, 0.1) is 12.4 Å². The van der Waals surface area contributed by atoms with Crippen LogP contribution in [0.5, 0.6) is 0 Å². The lowest BCUT2D eigenvalue weighted by Gasteiger charge is -2.20. The lowest BCUT2D eigenvalue weighted by atomic mass is 10.0. The molecule has 0 bridgehead atoms. The van der Waals surface area contributed by atoms with E-state index in [1.807, 2.05) is 0 Å². The number of thiocarbonyl (C=S) groups is 1. The Morgan fingerprint density at radius 3 is 2.20 bits per heavy atom. The van der Waals surface area contributed by atoms with Crippen molar-refractivity contribution in [2.75, 3.05) is 18.0 Å². The monoisotopic (exact) mass is 284 g/mol. The van der Waals surface area contributed by atoms with Crippen LogP contribution in [0.25, 0.3) is 0 Å². The molecule has 102 valence electrons. The number of hydrogen-bond acceptors (Lipinski definition) is 4. The molecule has 1 aliphatic heterocycles. The molecule has 0 atom stereocenters. The predicted molar refractivity (Wildman–Crippen MR) is 84.0 cm³/mol. The highest BCUT2D eigenvalue weighted by atomic mass is 32.1. The zero-order valence-corrected chi connectivity index (χ0v) is 11.9. The van der Waals surface area contributed by atoms with E-state index in [2.05, 4.69) is 39.1 Å². The molecule has 0 saturated heterocycles. The van der Waals surface area contributed by atoms with Crippen molar-refractivity contribution in [1.29, 1.82) is 0 Å². The number of fused-ring (bicyclic) bond motifs is 1. The summed E-state index contributed by atoms with van der Waals surface area (Å²) in [6, 6.07) is 8.62. The normalized spacial score (nSPS) is 14.5. The molecule has 0 amide bonds. The van der Waals surface area contributed by atoms with Gasteiger partial charge in [0.1, 0.15) is 16.5 Å². The van der Waals surface area contributed by atoms with Gasteiger partial charge >= 0.3 is 0 Å². The molecule has 2 aromatic rings. The van der Waals surface area contributed by atoms with E-state index in [4.69, 9.17) is 18.0 Å². The van der Waals surface area contributed by atoms with Gasteiger partial charge in [-0.15, -0.1) is 0 Å². The summed E-state index contributed by atoms with van der Waals surface area (Å²) in [6.07, 6.45) is 5.48. The Labute approximate surface area is 123 Å². The molecular weight excluding hydrogens is 268 g/mol. The van der Waals surface area contributed by atoms with Crippen molar-refractivity contribution < 1.29 is 0 Å². The molecule has 1 aromatic heterocycles. The molecule has 4 nitrogen and oxygen atoms in total. The first-order chi connectivity index (χ1) is 9.74. The maximum atomic E-state index is 5.54. The van der Waals surface area contributed by atoms with E-state index in [1.165, 1.54) is 11.1 Å². The van der Waals surface area contributed by atoms with Gasteiger partial charge in [-0.25, -0.2) is 9.97 Å². The Bertz CT molecular complexity index is 597. The van der Waals surface area contributed by atoms with Gasteiger partial charge in [-0.1, -0.05) is 36.5 Å². The predicted octanol–water partition coefficient (Wildman–Crippen LogP) is 1.72. The maximum Gasteiger partial charge on any atom is 0.147 e. The zero-order valence-electron chi connectivity index (χ0n) is 11.1. The van der Waals surface area contributed by atoms with Gasteiger partial charge in [-0.2, -0.15) is 0 Å². The highest BCUT2D eigenvalue weighted by Gasteiger charge is 2.15. The second-order valence-electron chi connectivity index (χ2n) is 4.88. The minimum Gasteiger partial charge on any atom is -0.388 e. The lowest BCUT2D eigenvalue weighted by Crippen LogP contribution is -2.27. The van der Waals surface area contributed by atoms with Gasteiger partial charge in [-0.3, -0.25) is 0 Å². The highest BCUT2D eigenvalue weighted by molar-refractivity contribution is 7.80. The molecule has 3 rings (SSSR count). The van der Waals surface area contributed by atoms with E-state index >= 15 is 0 Å². The number of rotatable bonds is 2. The summed E-state index contributed by atoms with van der Waals surface area (Å²) in [7, 11) is 0. The third-order valence-corrected chi connectivity index (χ3v) is 3.84. The van der Waals surface area contributed by atoms with E-state index in [-0.39, 0.29) is 4.99 Å². The summed E-state index contributed by atoms with van der Waals surface area (Å²) in [6.45, 7) is 1.91. The van der Waals surface area contributed by atoms with Gasteiger partial charge < -0.3 is 10.6 Å². The maximum absolute atomic E-state index is 5.54. The van der Waals surface area contributed by atoms with Crippen molar-refractivity contribution in [3.05, 3.63) is 53.5 Å². The van der Waals surface area contributed by atoms with Crippen LogP contribution >= 0.6 is 12.2 Å². The molecule has 0 fully saturated rings. The van der Waals surface area contributed by atoms with Crippen molar-refractivity contribution in [3.8, 4) is 0 Å². The molecule has 0 aliphatic carbocycles. The number of nitrogens with zero attached hydrogens (tertiary/aromatic N) is 3. The fourth-order valence-electron chi connectivity index (χ4n) is 2.51. The van der Waals surface area contributed by atoms with Crippen molar-refractivity contribution >= 4 is 23.0 Å². The summed E-state index contributed by atoms with van der Waals surface area (Å²) in [5.41, 5.74) is 8.98. The van der Waals surface area contributed by atoms with Crippen LogP contribution in [0, 0.1) is 0 Å². The van der Waals surface area contributed by atoms with Crippen LogP contribution in [-0.2, 0) is 12.8 Å². The van der Waals surface area contributed by atoms with Gasteiger partial charge in [0.2, 0.25) is 0 Å². The third kappa shape index (κ3) is 2.63. The van der Waals surface area contributed by atoms with Crippen LogP contribution in [0.15, 0.2) is 36.7 Å². The minimum atomic E-state index is 0.285. The largest absolute Gasteiger partial charge is 0.388 e. The highest BCUT2D eigenvalue weighted by Crippen LogP contribution is 2.19. The molecule has 0 radical (unpaired) electrons. The Morgan fingerprint density at radius 2 is 1.70 bits per heavy atom. The van der Waals surface area contributed by atoms with E-state index in [1.54, 1.807) is 12.4 Å². The number of aromatic nitrogens is 2. The molecular formula is C15H16N4S. The van der Waals surface area contributed by atoms with Gasteiger partial charge in [0.25, 0.3) is 0 Å². The summed E-state index contributed by atoms with van der Waals surface area (Å²) in [4.78, 5) is 11.2. The lowest BCUT2D eigenvalue weighted by molar-refractivity contribution is 0.786. The van der Waals surface area contributed by atoms with Crippen molar-refractivity contribution in [2.24, 2.45) is 5.73 Å². The van der Waals surface area contributed by atoms with Crippen molar-refractivity contribution in [2.45, 2.75) is 12.8 Å². The van der Waals surface area contributed by atoms with Gasteiger partial charge in [0, 0.05) is 13.1 Å². The van der Waals surface area contributed by atoms with E-state index < -0.39 is 0 Å². The Morgan fingerprint density at radius 1 is 1.05 bits per heavy atom. The van der Waals surface area contributed by atoms with Crippen LogP contribution in [0.3, 0.4) is 0 Å². The van der Waals surface area contributed by atoms with Crippen LogP contribution in [0.4, 0.5) is 5.82 Å². The van der Waals surface area contributed by atoms with E-state index in [0.29, 0.717) is 5.69 Å². The molecule has 0 spiro atoms. The first kappa shape index (κ1) is 13.0. The quantitative estimate of drug-likeness (QED) is 0.851. The number of benzene rings is 1. The summed E-state index contributed by atoms with van der Waals surface area (Å²) >= 11 is 4.89. The molecule has 2 N–H and O–H groups in total. The van der Waals surface area contributed by atoms with E-state index in [9.17, 15) is 0 Å². The van der Waals surface area contributed by atoms with Crippen LogP contribution in [0.2, 0.25) is 0 Å². The number of hydrogen-bond donors (Lipinski definition) is 1. The average Bonchev–Trinajstić information content (AvgIpc) is 2.70. The number of anilines is 1. The fourth-order valence-corrected chi connectivity index (χ4v) is 2.61. The Balaban J connectivity index is 1.78. The molecule has 0 saturated carbocycles. The van der Waals surface area contributed by atoms with Crippen LogP contribution in [-0.4, -0.2) is 28.0 Å². The summed E-state index contributed by atoms with van der Waals surface area (Å²) in [5.74, 6) is 0.887. The minimum absolute atomic E-state index is 0.285. The standard InChI is InChI=1S/C15H16N4S/c16-15(20)13-9-18-14(10-17-13)19-7-5-11-3-1-2-4-12(11)6-8-19/h1-4,9-10H,5-8H2,(H2,16,20). The average molecular weight is 284 g/mol. The first-order valence-corrected chi connectivity index (χ1v) is 7.08. The Kier molecular flexibility index (Phi) is 3.60. The molecule has 1 aromatic carbocycles. The van der Waals surface area contributed by atoms with Crippen molar-refractivity contribution in [1.82, 2.24) is 9.97 Å². The Hall–Kier alpha value is -2.01. The topological polar surface area (TPSA) is 55.0 Å².